The Morgan fingerprint density at radius 3 is 2.94 bits per heavy atom. The molecule has 1 aromatic heterocycles. The first-order valence-electron chi connectivity index (χ1n) is 5.64. The van der Waals surface area contributed by atoms with E-state index in [2.05, 4.69) is 23.2 Å². The van der Waals surface area contributed by atoms with Crippen LogP contribution >= 0.6 is 0 Å². The van der Waals surface area contributed by atoms with E-state index in [1.807, 2.05) is 0 Å². The second-order valence-corrected chi connectivity index (χ2v) is 4.16. The van der Waals surface area contributed by atoms with Gasteiger partial charge in [0.05, 0.1) is 12.7 Å². The van der Waals surface area contributed by atoms with E-state index in [1.54, 1.807) is 6.20 Å². The maximum atomic E-state index is 5.54. The number of benzene rings is 1. The Bertz CT molecular complexity index is 516. The number of aromatic nitrogens is 1. The number of rotatable bonds is 2. The van der Waals surface area contributed by atoms with E-state index >= 15 is 0 Å². The molecule has 1 aromatic carbocycles. The molecule has 0 spiro atoms. The van der Waals surface area contributed by atoms with Crippen molar-refractivity contribution < 1.29 is 4.42 Å². The molecule has 3 nitrogen and oxygen atoms in total. The molecular weight excluding hydrogens is 200 g/mol. The zero-order valence-electron chi connectivity index (χ0n) is 9.07. The van der Waals surface area contributed by atoms with Crippen LogP contribution in [0.4, 0.5) is 0 Å². The van der Waals surface area contributed by atoms with Crippen LogP contribution in [-0.2, 0) is 19.4 Å². The second kappa shape index (κ2) is 3.76. The van der Waals surface area contributed by atoms with Crippen molar-refractivity contribution in [3.8, 4) is 11.3 Å². The molecule has 0 unspecified atom stereocenters. The molecule has 3 rings (SSSR count). The second-order valence-electron chi connectivity index (χ2n) is 4.16. The normalized spacial score (nSPS) is 14.1. The summed E-state index contributed by atoms with van der Waals surface area (Å²) in [5, 5.41) is 0. The van der Waals surface area contributed by atoms with Gasteiger partial charge in [-0.15, -0.1) is 0 Å². The lowest BCUT2D eigenvalue weighted by Crippen LogP contribution is -1.94. The molecule has 0 amide bonds. The van der Waals surface area contributed by atoms with E-state index in [0.717, 1.165) is 11.3 Å². The number of nitrogens with zero attached hydrogens (tertiary/aromatic N) is 1. The van der Waals surface area contributed by atoms with E-state index in [1.165, 1.54) is 30.4 Å². The smallest absolute Gasteiger partial charge is 0.208 e. The van der Waals surface area contributed by atoms with Gasteiger partial charge in [0.25, 0.3) is 0 Å². The summed E-state index contributed by atoms with van der Waals surface area (Å²) >= 11 is 0. The minimum atomic E-state index is 0.352. The number of fused-ring (bicyclic) bond motifs is 1. The van der Waals surface area contributed by atoms with Crippen LogP contribution in [0.2, 0.25) is 0 Å². The summed E-state index contributed by atoms with van der Waals surface area (Å²) in [4.78, 5) is 4.11. The Hall–Kier alpha value is -1.61. The largest absolute Gasteiger partial charge is 0.439 e. The lowest BCUT2D eigenvalue weighted by atomic mass is 10.1. The highest BCUT2D eigenvalue weighted by molar-refractivity contribution is 5.59. The molecule has 0 fully saturated rings. The molecule has 0 bridgehead atoms. The van der Waals surface area contributed by atoms with Crippen molar-refractivity contribution in [2.24, 2.45) is 5.73 Å². The minimum Gasteiger partial charge on any atom is -0.439 e. The zero-order valence-corrected chi connectivity index (χ0v) is 9.07. The molecule has 16 heavy (non-hydrogen) atoms. The van der Waals surface area contributed by atoms with E-state index in [9.17, 15) is 0 Å². The van der Waals surface area contributed by atoms with Crippen LogP contribution < -0.4 is 5.73 Å². The molecule has 2 N–H and O–H groups in total. The third-order valence-corrected chi connectivity index (χ3v) is 3.11. The highest BCUT2D eigenvalue weighted by Crippen LogP contribution is 2.28. The zero-order chi connectivity index (χ0) is 11.0. The fourth-order valence-electron chi connectivity index (χ4n) is 2.26. The molecule has 3 heteroatoms. The van der Waals surface area contributed by atoms with Crippen LogP contribution in [0.15, 0.2) is 28.8 Å². The van der Waals surface area contributed by atoms with Gasteiger partial charge in [-0.05, 0) is 36.5 Å². The Kier molecular flexibility index (Phi) is 2.26. The summed E-state index contributed by atoms with van der Waals surface area (Å²) in [7, 11) is 0. The van der Waals surface area contributed by atoms with Crippen molar-refractivity contribution in [2.45, 2.75) is 25.8 Å². The quantitative estimate of drug-likeness (QED) is 0.834. The third kappa shape index (κ3) is 1.53. The molecular formula is C13H14N2O. The van der Waals surface area contributed by atoms with Crippen LogP contribution in [0, 0.1) is 0 Å². The van der Waals surface area contributed by atoms with Crippen LogP contribution in [0.1, 0.15) is 23.4 Å². The first-order valence-corrected chi connectivity index (χ1v) is 5.64. The maximum Gasteiger partial charge on any atom is 0.208 e. The Morgan fingerprint density at radius 2 is 2.12 bits per heavy atom. The lowest BCUT2D eigenvalue weighted by Gasteiger charge is -2.01. The number of oxazole rings is 1. The van der Waals surface area contributed by atoms with Crippen LogP contribution in [0.3, 0.4) is 0 Å². The summed E-state index contributed by atoms with van der Waals surface area (Å²) in [5.41, 5.74) is 9.50. The highest BCUT2D eigenvalue weighted by Gasteiger charge is 2.13. The van der Waals surface area contributed by atoms with Crippen molar-refractivity contribution in [2.75, 3.05) is 0 Å². The van der Waals surface area contributed by atoms with Crippen LogP contribution in [0.5, 0.6) is 0 Å². The molecule has 0 radical (unpaired) electrons. The SMILES string of the molecule is NCc1ncc(-c2ccc3c(c2)CCC3)o1. The average molecular weight is 214 g/mol. The summed E-state index contributed by atoms with van der Waals surface area (Å²) in [6, 6.07) is 6.51. The third-order valence-electron chi connectivity index (χ3n) is 3.11. The number of hydrogen-bond acceptors (Lipinski definition) is 3. The van der Waals surface area contributed by atoms with Crippen molar-refractivity contribution >= 4 is 0 Å². The number of nitrogens with two attached hydrogens (primary N) is 1. The molecule has 1 aliphatic carbocycles. The van der Waals surface area contributed by atoms with E-state index in [-0.39, 0.29) is 0 Å². The Labute approximate surface area is 94.3 Å². The fourth-order valence-corrected chi connectivity index (χ4v) is 2.26. The summed E-state index contributed by atoms with van der Waals surface area (Å²) in [6.07, 6.45) is 5.41. The molecule has 2 aromatic rings. The summed E-state index contributed by atoms with van der Waals surface area (Å²) < 4.78 is 5.54. The van der Waals surface area contributed by atoms with Gasteiger partial charge >= 0.3 is 0 Å². The van der Waals surface area contributed by atoms with Gasteiger partial charge < -0.3 is 10.2 Å². The molecule has 0 atom stereocenters. The van der Waals surface area contributed by atoms with Gasteiger partial charge in [-0.2, -0.15) is 0 Å². The minimum absolute atomic E-state index is 0.352. The lowest BCUT2D eigenvalue weighted by molar-refractivity contribution is 0.509. The molecule has 82 valence electrons. The predicted molar refractivity (Wildman–Crippen MR) is 61.9 cm³/mol. The maximum absolute atomic E-state index is 5.54. The van der Waals surface area contributed by atoms with E-state index in [0.29, 0.717) is 12.4 Å². The van der Waals surface area contributed by atoms with Gasteiger partial charge in [-0.1, -0.05) is 12.1 Å². The Balaban J connectivity index is 2.00. The first kappa shape index (κ1) is 9.60. The molecule has 0 saturated carbocycles. The first-order chi connectivity index (χ1) is 7.86. The van der Waals surface area contributed by atoms with Gasteiger partial charge in [0, 0.05) is 5.56 Å². The molecule has 1 aliphatic rings. The van der Waals surface area contributed by atoms with Gasteiger partial charge in [0.15, 0.2) is 5.76 Å². The monoisotopic (exact) mass is 214 g/mol. The van der Waals surface area contributed by atoms with Gasteiger partial charge in [-0.3, -0.25) is 0 Å². The predicted octanol–water partition coefficient (Wildman–Crippen LogP) is 2.29. The molecule has 0 aliphatic heterocycles. The summed E-state index contributed by atoms with van der Waals surface area (Å²) in [6.45, 7) is 0.352. The number of hydrogen-bond donors (Lipinski definition) is 1. The van der Waals surface area contributed by atoms with Crippen molar-refractivity contribution in [3.63, 3.8) is 0 Å². The summed E-state index contributed by atoms with van der Waals surface area (Å²) in [5.74, 6) is 1.41. The fraction of sp³-hybridized carbons (Fsp3) is 0.308. The average Bonchev–Trinajstić information content (AvgIpc) is 2.96. The van der Waals surface area contributed by atoms with Crippen molar-refractivity contribution in [3.05, 3.63) is 41.4 Å². The highest BCUT2D eigenvalue weighted by atomic mass is 16.4. The molecule has 1 heterocycles. The van der Waals surface area contributed by atoms with Gasteiger partial charge in [-0.25, -0.2) is 4.98 Å². The van der Waals surface area contributed by atoms with E-state index in [4.69, 9.17) is 10.2 Å². The number of aryl methyl sites for hydroxylation is 2. The standard InChI is InChI=1S/C13H14N2O/c14-7-13-15-8-12(16-13)11-5-4-9-2-1-3-10(9)6-11/h4-6,8H,1-3,7,14H2. The topological polar surface area (TPSA) is 52.0 Å². The van der Waals surface area contributed by atoms with Crippen molar-refractivity contribution in [1.82, 2.24) is 4.98 Å². The van der Waals surface area contributed by atoms with Crippen LogP contribution in [0.25, 0.3) is 11.3 Å². The van der Waals surface area contributed by atoms with Crippen LogP contribution in [-0.4, -0.2) is 4.98 Å². The molecule has 0 saturated heterocycles. The van der Waals surface area contributed by atoms with E-state index < -0.39 is 0 Å². The van der Waals surface area contributed by atoms with Gasteiger partial charge in [0.1, 0.15) is 0 Å². The Morgan fingerprint density at radius 1 is 1.25 bits per heavy atom. The van der Waals surface area contributed by atoms with Gasteiger partial charge in [0.2, 0.25) is 5.89 Å². The van der Waals surface area contributed by atoms with Crippen molar-refractivity contribution in [1.29, 1.82) is 0 Å².